The van der Waals surface area contributed by atoms with Gasteiger partial charge in [0.05, 0.1) is 6.61 Å². The van der Waals surface area contributed by atoms with Gasteiger partial charge in [0, 0.05) is 18.8 Å². The molecule has 0 aliphatic heterocycles. The molecule has 1 unspecified atom stereocenters. The van der Waals surface area contributed by atoms with E-state index in [1.807, 2.05) is 12.1 Å². The van der Waals surface area contributed by atoms with Crippen molar-refractivity contribution in [2.24, 2.45) is 5.92 Å². The average Bonchev–Trinajstić information content (AvgIpc) is 2.39. The average molecular weight is 265 g/mol. The van der Waals surface area contributed by atoms with E-state index in [-0.39, 0.29) is 0 Å². The Morgan fingerprint density at radius 3 is 2.26 bits per heavy atom. The van der Waals surface area contributed by atoms with Crippen LogP contribution in [0, 0.1) is 5.92 Å². The fraction of sp³-hybridized carbons (Fsp3) is 0.625. The summed E-state index contributed by atoms with van der Waals surface area (Å²) in [5, 5.41) is 3.51. The Morgan fingerprint density at radius 1 is 1.00 bits per heavy atom. The Kier molecular flexibility index (Phi) is 7.34. The Bertz CT molecular complexity index is 335. The standard InChI is InChI=1S/C16H27NO2/c1-13(2)5-6-14(3)17-15-7-9-16(10-8-15)19-12-11-18-4/h7-10,13-14,17H,5-6,11-12H2,1-4H3. The molecule has 1 N–H and O–H groups in total. The molecule has 108 valence electrons. The molecule has 0 aliphatic rings. The number of methoxy groups -OCH3 is 1. The van der Waals surface area contributed by atoms with E-state index < -0.39 is 0 Å². The van der Waals surface area contributed by atoms with Gasteiger partial charge in [-0.15, -0.1) is 0 Å². The maximum absolute atomic E-state index is 5.53. The maximum Gasteiger partial charge on any atom is 0.119 e. The summed E-state index contributed by atoms with van der Waals surface area (Å²) in [6.45, 7) is 7.96. The number of anilines is 1. The molecule has 1 rings (SSSR count). The quantitative estimate of drug-likeness (QED) is 0.686. The summed E-state index contributed by atoms with van der Waals surface area (Å²) in [5.41, 5.74) is 1.15. The van der Waals surface area contributed by atoms with Crippen molar-refractivity contribution < 1.29 is 9.47 Å². The summed E-state index contributed by atoms with van der Waals surface area (Å²) in [7, 11) is 1.68. The van der Waals surface area contributed by atoms with E-state index in [1.54, 1.807) is 7.11 Å². The molecule has 0 spiro atoms. The number of benzene rings is 1. The summed E-state index contributed by atoms with van der Waals surface area (Å²) in [5.74, 6) is 1.65. The largest absolute Gasteiger partial charge is 0.491 e. The second kappa shape index (κ2) is 8.81. The van der Waals surface area contributed by atoms with Gasteiger partial charge in [-0.05, 0) is 49.9 Å². The lowest BCUT2D eigenvalue weighted by Crippen LogP contribution is -2.15. The van der Waals surface area contributed by atoms with Gasteiger partial charge in [0.1, 0.15) is 12.4 Å². The van der Waals surface area contributed by atoms with Crippen molar-refractivity contribution in [2.75, 3.05) is 25.6 Å². The fourth-order valence-electron chi connectivity index (χ4n) is 1.83. The molecule has 0 heterocycles. The minimum atomic E-state index is 0.502. The van der Waals surface area contributed by atoms with Crippen molar-refractivity contribution >= 4 is 5.69 Å². The highest BCUT2D eigenvalue weighted by Crippen LogP contribution is 2.18. The first-order valence-corrected chi connectivity index (χ1v) is 7.10. The van der Waals surface area contributed by atoms with E-state index in [0.29, 0.717) is 19.3 Å². The molecule has 1 aromatic carbocycles. The van der Waals surface area contributed by atoms with Gasteiger partial charge in [0.15, 0.2) is 0 Å². The summed E-state index contributed by atoms with van der Waals surface area (Å²) in [6, 6.07) is 8.62. The van der Waals surface area contributed by atoms with Gasteiger partial charge in [0.2, 0.25) is 0 Å². The molecule has 0 saturated heterocycles. The third-order valence-corrected chi connectivity index (χ3v) is 3.00. The lowest BCUT2D eigenvalue weighted by molar-refractivity contribution is 0.146. The van der Waals surface area contributed by atoms with Crippen molar-refractivity contribution in [3.63, 3.8) is 0 Å². The van der Waals surface area contributed by atoms with Crippen LogP contribution in [-0.2, 0) is 4.74 Å². The summed E-state index contributed by atoms with van der Waals surface area (Å²) >= 11 is 0. The lowest BCUT2D eigenvalue weighted by atomic mass is 10.0. The van der Waals surface area contributed by atoms with Crippen LogP contribution in [-0.4, -0.2) is 26.4 Å². The number of hydrogen-bond acceptors (Lipinski definition) is 3. The molecule has 3 nitrogen and oxygen atoms in total. The van der Waals surface area contributed by atoms with Gasteiger partial charge < -0.3 is 14.8 Å². The third-order valence-electron chi connectivity index (χ3n) is 3.00. The topological polar surface area (TPSA) is 30.5 Å². The van der Waals surface area contributed by atoms with Gasteiger partial charge in [-0.1, -0.05) is 13.8 Å². The van der Waals surface area contributed by atoms with E-state index in [4.69, 9.17) is 9.47 Å². The molecule has 0 saturated carbocycles. The molecular formula is C16H27NO2. The molecule has 1 aromatic rings. The van der Waals surface area contributed by atoms with Crippen LogP contribution in [0.15, 0.2) is 24.3 Å². The Morgan fingerprint density at radius 2 is 1.68 bits per heavy atom. The monoisotopic (exact) mass is 265 g/mol. The SMILES string of the molecule is COCCOc1ccc(NC(C)CCC(C)C)cc1. The van der Waals surface area contributed by atoms with E-state index in [2.05, 4.69) is 38.2 Å². The van der Waals surface area contributed by atoms with Crippen molar-refractivity contribution in [3.05, 3.63) is 24.3 Å². The Balaban J connectivity index is 2.34. The van der Waals surface area contributed by atoms with Crippen molar-refractivity contribution in [3.8, 4) is 5.75 Å². The molecule has 0 aliphatic carbocycles. The van der Waals surface area contributed by atoms with Gasteiger partial charge in [0.25, 0.3) is 0 Å². The normalized spacial score (nSPS) is 12.5. The van der Waals surface area contributed by atoms with E-state index in [0.717, 1.165) is 17.4 Å². The molecule has 1 atom stereocenters. The molecule has 19 heavy (non-hydrogen) atoms. The molecule has 3 heteroatoms. The summed E-state index contributed by atoms with van der Waals surface area (Å²) < 4.78 is 10.5. The van der Waals surface area contributed by atoms with Crippen LogP contribution in [0.5, 0.6) is 5.75 Å². The van der Waals surface area contributed by atoms with Crippen LogP contribution in [0.4, 0.5) is 5.69 Å². The van der Waals surface area contributed by atoms with E-state index in [9.17, 15) is 0 Å². The van der Waals surface area contributed by atoms with Gasteiger partial charge in [-0.2, -0.15) is 0 Å². The molecular weight excluding hydrogens is 238 g/mol. The highest BCUT2D eigenvalue weighted by molar-refractivity contribution is 5.46. The van der Waals surface area contributed by atoms with Crippen molar-refractivity contribution in [1.29, 1.82) is 0 Å². The molecule has 0 amide bonds. The van der Waals surface area contributed by atoms with Gasteiger partial charge in [-0.3, -0.25) is 0 Å². The minimum absolute atomic E-state index is 0.502. The van der Waals surface area contributed by atoms with E-state index >= 15 is 0 Å². The molecule has 0 bridgehead atoms. The highest BCUT2D eigenvalue weighted by Gasteiger charge is 2.04. The van der Waals surface area contributed by atoms with Crippen molar-refractivity contribution in [1.82, 2.24) is 0 Å². The fourth-order valence-corrected chi connectivity index (χ4v) is 1.83. The summed E-state index contributed by atoms with van der Waals surface area (Å²) in [6.07, 6.45) is 2.45. The first kappa shape index (κ1) is 15.8. The number of ether oxygens (including phenoxy) is 2. The molecule has 0 fully saturated rings. The second-order valence-electron chi connectivity index (χ2n) is 5.38. The Labute approximate surface area is 117 Å². The van der Waals surface area contributed by atoms with Crippen LogP contribution in [0.3, 0.4) is 0 Å². The van der Waals surface area contributed by atoms with Crippen molar-refractivity contribution in [2.45, 2.75) is 39.7 Å². The number of hydrogen-bond donors (Lipinski definition) is 1. The predicted molar refractivity (Wildman–Crippen MR) is 81.0 cm³/mol. The first-order valence-electron chi connectivity index (χ1n) is 7.10. The second-order valence-corrected chi connectivity index (χ2v) is 5.38. The number of nitrogens with one attached hydrogen (secondary N) is 1. The van der Waals surface area contributed by atoms with Crippen LogP contribution in [0.25, 0.3) is 0 Å². The maximum atomic E-state index is 5.53. The van der Waals surface area contributed by atoms with Crippen LogP contribution >= 0.6 is 0 Å². The van der Waals surface area contributed by atoms with Gasteiger partial charge >= 0.3 is 0 Å². The third kappa shape index (κ3) is 7.06. The molecule has 0 radical (unpaired) electrons. The van der Waals surface area contributed by atoms with Crippen LogP contribution in [0.2, 0.25) is 0 Å². The molecule has 0 aromatic heterocycles. The van der Waals surface area contributed by atoms with E-state index in [1.165, 1.54) is 12.8 Å². The van der Waals surface area contributed by atoms with Gasteiger partial charge in [-0.25, -0.2) is 0 Å². The zero-order valence-electron chi connectivity index (χ0n) is 12.6. The number of rotatable bonds is 9. The van der Waals surface area contributed by atoms with Crippen LogP contribution < -0.4 is 10.1 Å². The lowest BCUT2D eigenvalue weighted by Gasteiger charge is -2.16. The minimum Gasteiger partial charge on any atom is -0.491 e. The predicted octanol–water partition coefficient (Wildman–Crippen LogP) is 3.95. The Hall–Kier alpha value is -1.22. The zero-order chi connectivity index (χ0) is 14.1. The highest BCUT2D eigenvalue weighted by atomic mass is 16.5. The smallest absolute Gasteiger partial charge is 0.119 e. The van der Waals surface area contributed by atoms with Crippen LogP contribution in [0.1, 0.15) is 33.6 Å². The first-order chi connectivity index (χ1) is 9.11. The zero-order valence-corrected chi connectivity index (χ0v) is 12.6. The summed E-state index contributed by atoms with van der Waals surface area (Å²) in [4.78, 5) is 0.